The lowest BCUT2D eigenvalue weighted by Gasteiger charge is -1.98. The third-order valence-electron chi connectivity index (χ3n) is 2.25. The summed E-state index contributed by atoms with van der Waals surface area (Å²) in [6.07, 6.45) is 4.02. The lowest BCUT2D eigenvalue weighted by Crippen LogP contribution is -2.02. The first-order valence-corrected chi connectivity index (χ1v) is 4.95. The van der Waals surface area contributed by atoms with Crippen LogP contribution < -0.4 is 5.19 Å². The Bertz CT molecular complexity index is 253. The zero-order chi connectivity index (χ0) is 6.97. The minimum atomic E-state index is 1.20. The van der Waals surface area contributed by atoms with E-state index in [0.29, 0.717) is 0 Å². The minimum absolute atomic E-state index is 1.20. The molecule has 0 N–H and O–H groups in total. The van der Waals surface area contributed by atoms with Gasteiger partial charge in [-0.2, -0.15) is 0 Å². The van der Waals surface area contributed by atoms with Gasteiger partial charge in [0.15, 0.2) is 0 Å². The van der Waals surface area contributed by atoms with Crippen LogP contribution in [0, 0.1) is 0 Å². The van der Waals surface area contributed by atoms with E-state index in [1.54, 1.807) is 16.3 Å². The average Bonchev–Trinajstić information content (AvgIpc) is 2.33. The molecule has 0 atom stereocenters. The maximum atomic E-state index is 2.38. The predicted molar refractivity (Wildman–Crippen MR) is 48.0 cm³/mol. The van der Waals surface area contributed by atoms with Gasteiger partial charge in [0.25, 0.3) is 0 Å². The van der Waals surface area contributed by atoms with Crippen molar-refractivity contribution in [1.29, 1.82) is 0 Å². The number of hydrogen-bond acceptors (Lipinski definition) is 0. The Labute approximate surface area is 64.7 Å². The van der Waals surface area contributed by atoms with Gasteiger partial charge >= 0.3 is 0 Å². The Morgan fingerprint density at radius 3 is 2.80 bits per heavy atom. The first kappa shape index (κ1) is 6.17. The van der Waals surface area contributed by atoms with Crippen molar-refractivity contribution in [2.75, 3.05) is 0 Å². The first-order valence-electron chi connectivity index (χ1n) is 3.95. The van der Waals surface area contributed by atoms with Gasteiger partial charge in [-0.05, 0) is 30.4 Å². The maximum absolute atomic E-state index is 2.38. The zero-order valence-corrected chi connectivity index (χ0v) is 8.35. The molecule has 0 radical (unpaired) electrons. The SMILES string of the molecule is [SiH3]c1ccc2c(c1)CCC2. The molecule has 0 unspecified atom stereocenters. The lowest BCUT2D eigenvalue weighted by molar-refractivity contribution is 0.912. The Hall–Kier alpha value is -0.563. The van der Waals surface area contributed by atoms with Gasteiger partial charge in [0.1, 0.15) is 0 Å². The molecule has 0 nitrogen and oxygen atoms in total. The number of rotatable bonds is 0. The third kappa shape index (κ3) is 0.906. The molecule has 0 aliphatic heterocycles. The second kappa shape index (κ2) is 2.24. The molecule has 1 aliphatic carbocycles. The van der Waals surface area contributed by atoms with Gasteiger partial charge in [-0.15, -0.1) is 0 Å². The largest absolute Gasteiger partial charge is 0.0705 e. The quantitative estimate of drug-likeness (QED) is 0.460. The van der Waals surface area contributed by atoms with Crippen molar-refractivity contribution in [3.63, 3.8) is 0 Å². The highest BCUT2D eigenvalue weighted by Crippen LogP contribution is 2.19. The third-order valence-corrected chi connectivity index (χ3v) is 2.88. The fraction of sp³-hybridized carbons (Fsp3) is 0.333. The molecule has 10 heavy (non-hydrogen) atoms. The van der Waals surface area contributed by atoms with Gasteiger partial charge in [-0.25, -0.2) is 0 Å². The number of hydrogen-bond donors (Lipinski definition) is 0. The lowest BCUT2D eigenvalue weighted by atomic mass is 10.1. The normalized spacial score (nSPS) is 15.6. The van der Waals surface area contributed by atoms with Gasteiger partial charge in [0, 0.05) is 10.2 Å². The second-order valence-electron chi connectivity index (χ2n) is 3.13. The number of fused-ring (bicyclic) bond motifs is 1. The molecular weight excluding hydrogens is 136 g/mol. The van der Waals surface area contributed by atoms with Gasteiger partial charge in [-0.1, -0.05) is 23.4 Å². The summed E-state index contributed by atoms with van der Waals surface area (Å²) in [5.74, 6) is 0. The van der Waals surface area contributed by atoms with E-state index in [1.807, 2.05) is 0 Å². The molecule has 0 bridgehead atoms. The molecule has 0 fully saturated rings. The van der Waals surface area contributed by atoms with Crippen LogP contribution in [0.3, 0.4) is 0 Å². The summed E-state index contributed by atoms with van der Waals surface area (Å²) < 4.78 is 0. The van der Waals surface area contributed by atoms with Crippen LogP contribution in [0.4, 0.5) is 0 Å². The summed E-state index contributed by atoms with van der Waals surface area (Å²) in [6, 6.07) is 6.97. The molecule has 1 aromatic rings. The summed E-state index contributed by atoms with van der Waals surface area (Å²) in [7, 11) is 1.20. The van der Waals surface area contributed by atoms with E-state index in [4.69, 9.17) is 0 Å². The van der Waals surface area contributed by atoms with Crippen molar-refractivity contribution < 1.29 is 0 Å². The fourth-order valence-corrected chi connectivity index (χ4v) is 2.22. The summed E-state index contributed by atoms with van der Waals surface area (Å²) in [6.45, 7) is 0. The van der Waals surface area contributed by atoms with Crippen molar-refractivity contribution in [2.24, 2.45) is 0 Å². The highest BCUT2D eigenvalue weighted by atomic mass is 28.1. The Morgan fingerprint density at radius 1 is 1.10 bits per heavy atom. The van der Waals surface area contributed by atoms with E-state index in [9.17, 15) is 0 Å². The second-order valence-corrected chi connectivity index (χ2v) is 4.28. The first-order chi connectivity index (χ1) is 4.86. The highest BCUT2D eigenvalue weighted by molar-refractivity contribution is 6.32. The van der Waals surface area contributed by atoms with Gasteiger partial charge in [-0.3, -0.25) is 0 Å². The molecule has 0 aromatic heterocycles. The van der Waals surface area contributed by atoms with Gasteiger partial charge < -0.3 is 0 Å². The molecule has 2 rings (SSSR count). The Kier molecular flexibility index (Phi) is 1.38. The molecule has 52 valence electrons. The number of aryl methyl sites for hydroxylation is 2. The Balaban J connectivity index is 2.52. The van der Waals surface area contributed by atoms with Crippen molar-refractivity contribution >= 4 is 15.4 Å². The molecule has 1 aromatic carbocycles. The van der Waals surface area contributed by atoms with Gasteiger partial charge in [0.2, 0.25) is 0 Å². The van der Waals surface area contributed by atoms with Crippen LogP contribution in [0.2, 0.25) is 0 Å². The van der Waals surface area contributed by atoms with Crippen LogP contribution in [0.1, 0.15) is 17.5 Å². The van der Waals surface area contributed by atoms with Crippen LogP contribution >= 0.6 is 0 Å². The Morgan fingerprint density at radius 2 is 1.90 bits per heavy atom. The van der Waals surface area contributed by atoms with Crippen LogP contribution in [-0.4, -0.2) is 10.2 Å². The van der Waals surface area contributed by atoms with Crippen LogP contribution in [-0.2, 0) is 12.8 Å². The van der Waals surface area contributed by atoms with Crippen LogP contribution in [0.5, 0.6) is 0 Å². The maximum Gasteiger partial charge on any atom is 0.0385 e. The summed E-state index contributed by atoms with van der Waals surface area (Å²) >= 11 is 0. The molecule has 0 saturated heterocycles. The fourth-order valence-electron chi connectivity index (χ4n) is 1.70. The summed E-state index contributed by atoms with van der Waals surface area (Å²) in [4.78, 5) is 0. The monoisotopic (exact) mass is 148 g/mol. The minimum Gasteiger partial charge on any atom is -0.0705 e. The summed E-state index contributed by atoms with van der Waals surface area (Å²) in [5.41, 5.74) is 3.21. The zero-order valence-electron chi connectivity index (χ0n) is 6.35. The topological polar surface area (TPSA) is 0 Å². The van der Waals surface area contributed by atoms with E-state index < -0.39 is 0 Å². The van der Waals surface area contributed by atoms with E-state index in [0.717, 1.165) is 0 Å². The van der Waals surface area contributed by atoms with Crippen molar-refractivity contribution in [3.05, 3.63) is 29.3 Å². The van der Waals surface area contributed by atoms with E-state index >= 15 is 0 Å². The molecule has 1 heteroatoms. The number of benzene rings is 1. The predicted octanol–water partition coefficient (Wildman–Crippen LogP) is 0.166. The van der Waals surface area contributed by atoms with Gasteiger partial charge in [0.05, 0.1) is 0 Å². The van der Waals surface area contributed by atoms with Crippen LogP contribution in [0.15, 0.2) is 18.2 Å². The molecule has 1 aliphatic rings. The molecule has 0 spiro atoms. The van der Waals surface area contributed by atoms with E-state index in [1.165, 1.54) is 29.5 Å². The van der Waals surface area contributed by atoms with Crippen molar-refractivity contribution in [2.45, 2.75) is 19.3 Å². The molecule has 0 saturated carbocycles. The average molecular weight is 148 g/mol. The molecule has 0 heterocycles. The smallest absolute Gasteiger partial charge is 0.0385 e. The molecular formula is C9H12Si. The van der Waals surface area contributed by atoms with E-state index in [2.05, 4.69) is 18.2 Å². The summed E-state index contributed by atoms with van der Waals surface area (Å²) in [5, 5.41) is 1.54. The highest BCUT2D eigenvalue weighted by Gasteiger charge is 2.08. The standard InChI is InChI=1S/C9H12Si/c10-9-5-4-7-2-1-3-8(7)6-9/h4-6H,1-3H2,10H3. The van der Waals surface area contributed by atoms with Crippen molar-refractivity contribution in [1.82, 2.24) is 0 Å². The van der Waals surface area contributed by atoms with Crippen molar-refractivity contribution in [3.8, 4) is 0 Å². The molecule has 0 amide bonds. The van der Waals surface area contributed by atoms with Crippen LogP contribution in [0.25, 0.3) is 0 Å². The van der Waals surface area contributed by atoms with E-state index in [-0.39, 0.29) is 0 Å².